The molecule has 5 rings (SSSR count). The predicted octanol–water partition coefficient (Wildman–Crippen LogP) is 4.50. The van der Waals surface area contributed by atoms with E-state index in [2.05, 4.69) is 9.88 Å². The molecule has 26 heavy (non-hydrogen) atoms. The number of nitrogens with zero attached hydrogens (tertiary/aromatic N) is 4. The fourth-order valence-electron chi connectivity index (χ4n) is 4.57. The summed E-state index contributed by atoms with van der Waals surface area (Å²) in [5.41, 5.74) is 2.14. The van der Waals surface area contributed by atoms with Crippen LogP contribution < -0.4 is 10.5 Å². The van der Waals surface area contributed by atoms with Crippen LogP contribution >= 0.6 is 11.3 Å². The zero-order valence-electron chi connectivity index (χ0n) is 15.0. The molecule has 3 aromatic heterocycles. The molecular weight excluding hydrogens is 344 g/mol. The van der Waals surface area contributed by atoms with Crippen molar-refractivity contribution in [3.05, 3.63) is 29.1 Å². The lowest BCUT2D eigenvalue weighted by Crippen LogP contribution is -2.24. The van der Waals surface area contributed by atoms with Crippen molar-refractivity contribution in [2.45, 2.75) is 57.4 Å². The fourth-order valence-corrected chi connectivity index (χ4v) is 5.65. The third kappa shape index (κ3) is 2.62. The highest BCUT2D eigenvalue weighted by Crippen LogP contribution is 2.38. The minimum absolute atomic E-state index is 0.135. The third-order valence-corrected chi connectivity index (χ3v) is 7.06. The van der Waals surface area contributed by atoms with E-state index in [1.54, 1.807) is 17.7 Å². The van der Waals surface area contributed by atoms with Gasteiger partial charge in [-0.3, -0.25) is 14.3 Å². The van der Waals surface area contributed by atoms with Crippen LogP contribution in [-0.4, -0.2) is 27.6 Å². The zero-order valence-corrected chi connectivity index (χ0v) is 15.8. The van der Waals surface area contributed by atoms with Crippen LogP contribution in [0.5, 0.6) is 0 Å². The van der Waals surface area contributed by atoms with Crippen molar-refractivity contribution < 1.29 is 0 Å². The first-order valence-electron chi connectivity index (χ1n) is 9.85. The van der Waals surface area contributed by atoms with Crippen molar-refractivity contribution >= 4 is 37.3 Å². The standard InChI is InChI=1S/C20H24N4OS/c25-20-19-18(22-13-24(20)14-7-3-1-2-4-8-14)17-15(23-9-5-6-10-23)11-21-12-16(17)26-19/h11-14H,1-10H2. The number of fused-ring (bicyclic) bond motifs is 3. The van der Waals surface area contributed by atoms with E-state index in [0.29, 0.717) is 6.04 Å². The summed E-state index contributed by atoms with van der Waals surface area (Å²) in [4.78, 5) is 24.9. The summed E-state index contributed by atoms with van der Waals surface area (Å²) in [6, 6.07) is 0.309. The second-order valence-electron chi connectivity index (χ2n) is 7.61. The van der Waals surface area contributed by atoms with Gasteiger partial charge in [0.25, 0.3) is 5.56 Å². The van der Waals surface area contributed by atoms with Gasteiger partial charge in [0.2, 0.25) is 0 Å². The first kappa shape index (κ1) is 16.2. The molecule has 6 heteroatoms. The molecule has 1 saturated heterocycles. The van der Waals surface area contributed by atoms with E-state index >= 15 is 0 Å². The Balaban J connectivity index is 1.67. The summed E-state index contributed by atoms with van der Waals surface area (Å²) in [5.74, 6) is 0. The SMILES string of the molecule is O=c1c2sc3cncc(N4CCCC4)c3c2ncn1C1CCCCCC1. The van der Waals surface area contributed by atoms with Crippen molar-refractivity contribution in [3.8, 4) is 0 Å². The maximum atomic E-state index is 13.2. The van der Waals surface area contributed by atoms with Gasteiger partial charge in [0, 0.05) is 30.7 Å². The molecule has 2 fully saturated rings. The Morgan fingerprint density at radius 3 is 2.54 bits per heavy atom. The minimum atomic E-state index is 0.135. The number of hydrogen-bond acceptors (Lipinski definition) is 5. The average Bonchev–Trinajstić information content (AvgIpc) is 3.24. The van der Waals surface area contributed by atoms with Crippen LogP contribution in [0.4, 0.5) is 5.69 Å². The third-order valence-electron chi connectivity index (χ3n) is 5.96. The van der Waals surface area contributed by atoms with E-state index in [-0.39, 0.29) is 5.56 Å². The molecule has 0 bridgehead atoms. The van der Waals surface area contributed by atoms with E-state index in [0.717, 1.165) is 51.9 Å². The summed E-state index contributed by atoms with van der Waals surface area (Å²) in [7, 11) is 0. The van der Waals surface area contributed by atoms with Gasteiger partial charge < -0.3 is 4.90 Å². The number of rotatable bonds is 2. The number of pyridine rings is 1. The molecule has 0 spiro atoms. The minimum Gasteiger partial charge on any atom is -0.370 e. The Morgan fingerprint density at radius 2 is 1.77 bits per heavy atom. The lowest BCUT2D eigenvalue weighted by Gasteiger charge is -2.18. The first-order valence-corrected chi connectivity index (χ1v) is 10.7. The molecule has 0 atom stereocenters. The molecule has 1 aliphatic carbocycles. The van der Waals surface area contributed by atoms with Gasteiger partial charge in [-0.1, -0.05) is 25.7 Å². The van der Waals surface area contributed by atoms with Gasteiger partial charge in [0.1, 0.15) is 4.70 Å². The quantitative estimate of drug-likeness (QED) is 0.625. The van der Waals surface area contributed by atoms with Crippen molar-refractivity contribution in [3.63, 3.8) is 0 Å². The summed E-state index contributed by atoms with van der Waals surface area (Å²) in [5, 5.41) is 1.12. The number of anilines is 1. The van der Waals surface area contributed by atoms with Crippen LogP contribution in [0.15, 0.2) is 23.5 Å². The van der Waals surface area contributed by atoms with Crippen molar-refractivity contribution in [1.29, 1.82) is 0 Å². The molecule has 0 unspecified atom stereocenters. The Labute approximate surface area is 156 Å². The molecule has 5 nitrogen and oxygen atoms in total. The highest BCUT2D eigenvalue weighted by molar-refractivity contribution is 7.25. The van der Waals surface area contributed by atoms with E-state index in [9.17, 15) is 4.79 Å². The molecule has 136 valence electrons. The molecule has 1 aliphatic heterocycles. The van der Waals surface area contributed by atoms with Crippen LogP contribution in [0, 0.1) is 0 Å². The monoisotopic (exact) mass is 368 g/mol. The van der Waals surface area contributed by atoms with Gasteiger partial charge in [-0.2, -0.15) is 0 Å². The Kier molecular flexibility index (Phi) is 4.15. The molecule has 0 N–H and O–H groups in total. The van der Waals surface area contributed by atoms with Gasteiger partial charge in [0.15, 0.2) is 0 Å². The van der Waals surface area contributed by atoms with Gasteiger partial charge in [0.05, 0.1) is 28.4 Å². The zero-order chi connectivity index (χ0) is 17.5. The van der Waals surface area contributed by atoms with Crippen LogP contribution in [-0.2, 0) is 0 Å². The second-order valence-corrected chi connectivity index (χ2v) is 8.66. The maximum Gasteiger partial charge on any atom is 0.271 e. The lowest BCUT2D eigenvalue weighted by atomic mass is 10.1. The summed E-state index contributed by atoms with van der Waals surface area (Å²) in [6.07, 6.45) is 15.3. The summed E-state index contributed by atoms with van der Waals surface area (Å²) in [6.45, 7) is 2.13. The normalized spacial score (nSPS) is 19.5. The average molecular weight is 369 g/mol. The molecular formula is C20H24N4OS. The Hall–Kier alpha value is -1.95. The Morgan fingerprint density at radius 1 is 1.00 bits per heavy atom. The lowest BCUT2D eigenvalue weighted by molar-refractivity contribution is 0.430. The first-order chi connectivity index (χ1) is 12.8. The largest absolute Gasteiger partial charge is 0.370 e. The van der Waals surface area contributed by atoms with Gasteiger partial charge in [-0.25, -0.2) is 4.98 Å². The van der Waals surface area contributed by atoms with E-state index in [1.165, 1.54) is 38.5 Å². The van der Waals surface area contributed by atoms with Crippen LogP contribution in [0.2, 0.25) is 0 Å². The van der Waals surface area contributed by atoms with Gasteiger partial charge in [-0.15, -0.1) is 11.3 Å². The van der Waals surface area contributed by atoms with Crippen molar-refractivity contribution in [2.24, 2.45) is 0 Å². The van der Waals surface area contributed by atoms with Crippen LogP contribution in [0.1, 0.15) is 57.4 Å². The highest BCUT2D eigenvalue weighted by Gasteiger charge is 2.22. The van der Waals surface area contributed by atoms with E-state index in [4.69, 9.17) is 4.98 Å². The highest BCUT2D eigenvalue weighted by atomic mass is 32.1. The van der Waals surface area contributed by atoms with Crippen molar-refractivity contribution in [1.82, 2.24) is 14.5 Å². The smallest absolute Gasteiger partial charge is 0.271 e. The van der Waals surface area contributed by atoms with E-state index in [1.807, 2.05) is 17.0 Å². The maximum absolute atomic E-state index is 13.2. The van der Waals surface area contributed by atoms with Gasteiger partial charge >= 0.3 is 0 Å². The summed E-state index contributed by atoms with van der Waals surface area (Å²) >= 11 is 1.56. The predicted molar refractivity (Wildman–Crippen MR) is 107 cm³/mol. The molecule has 0 aromatic carbocycles. The molecule has 0 radical (unpaired) electrons. The number of thiophene rings is 1. The molecule has 4 heterocycles. The second kappa shape index (κ2) is 6.65. The molecule has 0 amide bonds. The molecule has 2 aliphatic rings. The number of hydrogen-bond donors (Lipinski definition) is 0. The van der Waals surface area contributed by atoms with Crippen LogP contribution in [0.3, 0.4) is 0 Å². The Bertz CT molecular complexity index is 994. The van der Waals surface area contributed by atoms with Crippen LogP contribution in [0.25, 0.3) is 20.3 Å². The topological polar surface area (TPSA) is 51.0 Å². The summed E-state index contributed by atoms with van der Waals surface area (Å²) < 4.78 is 3.78. The fraction of sp³-hybridized carbons (Fsp3) is 0.550. The number of aromatic nitrogens is 3. The molecule has 3 aromatic rings. The van der Waals surface area contributed by atoms with E-state index < -0.39 is 0 Å². The van der Waals surface area contributed by atoms with Crippen molar-refractivity contribution in [2.75, 3.05) is 18.0 Å². The van der Waals surface area contributed by atoms with Gasteiger partial charge in [-0.05, 0) is 25.7 Å². The molecule has 1 saturated carbocycles.